The third-order valence-electron chi connectivity index (χ3n) is 5.71. The maximum absolute atomic E-state index is 13.9. The first-order chi connectivity index (χ1) is 18.2. The highest BCUT2D eigenvalue weighted by atomic mass is 35.5. The van der Waals surface area contributed by atoms with E-state index in [1.807, 2.05) is 13.0 Å². The van der Waals surface area contributed by atoms with Gasteiger partial charge >= 0.3 is 5.97 Å². The second-order valence-electron chi connectivity index (χ2n) is 8.44. The van der Waals surface area contributed by atoms with Gasteiger partial charge in [-0.3, -0.25) is 13.9 Å². The van der Waals surface area contributed by atoms with Crippen LogP contribution in [0.25, 0.3) is 0 Å². The van der Waals surface area contributed by atoms with E-state index < -0.39 is 28.3 Å². The molecular formula is C29H23Cl2NO5S. The third-order valence-corrected chi connectivity index (χ3v) is 8.05. The third kappa shape index (κ3) is 6.25. The van der Waals surface area contributed by atoms with Crippen LogP contribution in [0.15, 0.2) is 102 Å². The Kier molecular flexibility index (Phi) is 8.52. The number of aryl methyl sites for hydroxylation is 1. The molecule has 0 bridgehead atoms. The van der Waals surface area contributed by atoms with Crippen molar-refractivity contribution in [3.63, 3.8) is 0 Å². The fourth-order valence-corrected chi connectivity index (χ4v) is 5.56. The molecule has 0 aliphatic rings. The van der Waals surface area contributed by atoms with Crippen molar-refractivity contribution in [1.82, 2.24) is 0 Å². The van der Waals surface area contributed by atoms with Crippen LogP contribution >= 0.6 is 23.2 Å². The molecule has 0 atom stereocenters. The number of carbonyl (C=O) groups excluding carboxylic acids is 2. The number of ketones is 1. The number of carbonyl (C=O) groups is 2. The molecule has 0 aliphatic carbocycles. The van der Waals surface area contributed by atoms with Crippen LogP contribution in [0.1, 0.15) is 27.0 Å². The number of hydrogen-bond acceptors (Lipinski definition) is 5. The lowest BCUT2D eigenvalue weighted by Gasteiger charge is -2.26. The number of sulfonamides is 1. The summed E-state index contributed by atoms with van der Waals surface area (Å²) in [5.41, 5.74) is 1.71. The number of hydrogen-bond donors (Lipinski definition) is 0. The number of nitrogens with zero attached hydrogens (tertiary/aromatic N) is 1. The van der Waals surface area contributed by atoms with Crippen LogP contribution in [0.2, 0.25) is 10.0 Å². The van der Waals surface area contributed by atoms with E-state index in [1.54, 1.807) is 54.6 Å². The van der Waals surface area contributed by atoms with Gasteiger partial charge in [-0.15, -0.1) is 0 Å². The molecule has 194 valence electrons. The number of halogens is 2. The quantitative estimate of drug-likeness (QED) is 0.171. The normalized spacial score (nSPS) is 11.1. The molecule has 0 saturated heterocycles. The van der Waals surface area contributed by atoms with E-state index in [2.05, 4.69) is 0 Å². The SMILES string of the molecule is Cc1ccc(S(=O)(=O)N(CC(=O)OCc2ccccc2)c2ccc(Cl)cc2C(=O)c2ccccc2Cl)cc1. The Bertz CT molecular complexity index is 1570. The summed E-state index contributed by atoms with van der Waals surface area (Å²) in [5, 5.41) is 0.405. The Labute approximate surface area is 231 Å². The second kappa shape index (κ2) is 11.8. The van der Waals surface area contributed by atoms with Gasteiger partial charge in [0.2, 0.25) is 0 Å². The molecular weight excluding hydrogens is 545 g/mol. The van der Waals surface area contributed by atoms with Crippen molar-refractivity contribution in [1.29, 1.82) is 0 Å². The minimum atomic E-state index is -4.31. The standard InChI is InChI=1S/C29H23Cl2NO5S/c1-20-11-14-23(15-12-20)38(35,36)32(18-28(33)37-19-21-7-3-2-4-8-21)27-16-13-22(30)17-25(27)29(34)24-9-5-6-10-26(24)31/h2-17H,18-19H2,1H3. The van der Waals surface area contributed by atoms with Crippen molar-refractivity contribution >= 4 is 50.7 Å². The van der Waals surface area contributed by atoms with Crippen LogP contribution in [-0.4, -0.2) is 26.7 Å². The second-order valence-corrected chi connectivity index (χ2v) is 11.1. The monoisotopic (exact) mass is 567 g/mol. The molecule has 0 radical (unpaired) electrons. The Morgan fingerprint density at radius 1 is 0.816 bits per heavy atom. The van der Waals surface area contributed by atoms with Gasteiger partial charge in [-0.2, -0.15) is 0 Å². The zero-order valence-electron chi connectivity index (χ0n) is 20.3. The fourth-order valence-electron chi connectivity index (χ4n) is 3.74. The molecule has 0 aromatic heterocycles. The summed E-state index contributed by atoms with van der Waals surface area (Å²) in [4.78, 5) is 26.5. The molecule has 0 amide bonds. The molecule has 4 aromatic rings. The largest absolute Gasteiger partial charge is 0.459 e. The van der Waals surface area contributed by atoms with E-state index in [1.165, 1.54) is 36.4 Å². The van der Waals surface area contributed by atoms with Gasteiger partial charge in [0.05, 0.1) is 15.6 Å². The topological polar surface area (TPSA) is 80.8 Å². The van der Waals surface area contributed by atoms with E-state index in [0.717, 1.165) is 15.4 Å². The lowest BCUT2D eigenvalue weighted by atomic mass is 10.0. The van der Waals surface area contributed by atoms with E-state index in [0.29, 0.717) is 0 Å². The highest BCUT2D eigenvalue weighted by molar-refractivity contribution is 7.92. The summed E-state index contributed by atoms with van der Waals surface area (Å²) in [6, 6.07) is 25.8. The highest BCUT2D eigenvalue weighted by Crippen LogP contribution is 2.32. The molecule has 4 aromatic carbocycles. The average Bonchev–Trinajstić information content (AvgIpc) is 2.91. The molecule has 4 rings (SSSR count). The summed E-state index contributed by atoms with van der Waals surface area (Å²) >= 11 is 12.5. The van der Waals surface area contributed by atoms with Crippen molar-refractivity contribution in [2.24, 2.45) is 0 Å². The Hall–Kier alpha value is -3.65. The first kappa shape index (κ1) is 27.4. The lowest BCUT2D eigenvalue weighted by molar-refractivity contribution is -0.143. The minimum Gasteiger partial charge on any atom is -0.459 e. The molecule has 6 nitrogen and oxygen atoms in total. The van der Waals surface area contributed by atoms with Gasteiger partial charge in [0, 0.05) is 16.1 Å². The lowest BCUT2D eigenvalue weighted by Crippen LogP contribution is -2.37. The van der Waals surface area contributed by atoms with Gasteiger partial charge in [0.15, 0.2) is 5.78 Å². The molecule has 0 unspecified atom stereocenters. The van der Waals surface area contributed by atoms with Crippen LogP contribution in [0, 0.1) is 6.92 Å². The van der Waals surface area contributed by atoms with Crippen molar-refractivity contribution in [2.75, 3.05) is 10.8 Å². The number of esters is 1. The Morgan fingerprint density at radius 3 is 2.16 bits per heavy atom. The summed E-state index contributed by atoms with van der Waals surface area (Å²) < 4.78 is 34.0. The van der Waals surface area contributed by atoms with E-state index >= 15 is 0 Å². The average molecular weight is 568 g/mol. The summed E-state index contributed by atoms with van der Waals surface area (Å²) in [6.45, 7) is 1.12. The number of benzene rings is 4. The first-order valence-corrected chi connectivity index (χ1v) is 13.7. The molecule has 0 fully saturated rings. The molecule has 0 saturated carbocycles. The molecule has 0 spiro atoms. The van der Waals surface area contributed by atoms with Crippen molar-refractivity contribution in [2.45, 2.75) is 18.4 Å². The predicted molar refractivity (Wildman–Crippen MR) is 148 cm³/mol. The van der Waals surface area contributed by atoms with E-state index in [9.17, 15) is 18.0 Å². The summed E-state index contributed by atoms with van der Waals surface area (Å²) in [6.07, 6.45) is 0. The van der Waals surface area contributed by atoms with Crippen LogP contribution in [0.4, 0.5) is 5.69 Å². The smallest absolute Gasteiger partial charge is 0.327 e. The van der Waals surface area contributed by atoms with Gasteiger partial charge < -0.3 is 4.74 Å². The molecule has 0 aliphatic heterocycles. The van der Waals surface area contributed by atoms with Crippen molar-refractivity contribution < 1.29 is 22.7 Å². The zero-order chi connectivity index (χ0) is 27.3. The van der Waals surface area contributed by atoms with Gasteiger partial charge in [-0.25, -0.2) is 8.42 Å². The van der Waals surface area contributed by atoms with Crippen LogP contribution in [0.5, 0.6) is 0 Å². The van der Waals surface area contributed by atoms with Crippen molar-refractivity contribution in [3.05, 3.63) is 129 Å². The minimum absolute atomic E-state index is 0.0304. The predicted octanol–water partition coefficient (Wildman–Crippen LogP) is 6.47. The number of ether oxygens (including phenoxy) is 1. The fraction of sp³-hybridized carbons (Fsp3) is 0.103. The van der Waals surface area contributed by atoms with Crippen LogP contribution in [0.3, 0.4) is 0 Å². The highest BCUT2D eigenvalue weighted by Gasteiger charge is 2.31. The van der Waals surface area contributed by atoms with Crippen LogP contribution < -0.4 is 4.31 Å². The molecule has 38 heavy (non-hydrogen) atoms. The van der Waals surface area contributed by atoms with Crippen molar-refractivity contribution in [3.8, 4) is 0 Å². The summed E-state index contributed by atoms with van der Waals surface area (Å²) in [7, 11) is -4.31. The van der Waals surface area contributed by atoms with Gasteiger partial charge in [-0.05, 0) is 55.0 Å². The first-order valence-electron chi connectivity index (χ1n) is 11.5. The number of rotatable bonds is 9. The molecule has 0 heterocycles. The zero-order valence-corrected chi connectivity index (χ0v) is 22.6. The van der Waals surface area contributed by atoms with E-state index in [4.69, 9.17) is 27.9 Å². The van der Waals surface area contributed by atoms with Crippen LogP contribution in [-0.2, 0) is 26.2 Å². The van der Waals surface area contributed by atoms with Gasteiger partial charge in [-0.1, -0.05) is 83.4 Å². The maximum Gasteiger partial charge on any atom is 0.327 e. The Morgan fingerprint density at radius 2 is 1.47 bits per heavy atom. The maximum atomic E-state index is 13.9. The Balaban J connectivity index is 1.78. The number of anilines is 1. The van der Waals surface area contributed by atoms with E-state index in [-0.39, 0.29) is 38.4 Å². The van der Waals surface area contributed by atoms with Gasteiger partial charge in [0.25, 0.3) is 10.0 Å². The molecule has 0 N–H and O–H groups in total. The summed E-state index contributed by atoms with van der Waals surface area (Å²) in [5.74, 6) is -1.34. The molecule has 9 heteroatoms. The van der Waals surface area contributed by atoms with Gasteiger partial charge in [0.1, 0.15) is 13.2 Å².